The minimum absolute atomic E-state index is 0. The van der Waals surface area contributed by atoms with Gasteiger partial charge in [-0.3, -0.25) is 4.79 Å². The summed E-state index contributed by atoms with van der Waals surface area (Å²) in [5, 5.41) is 2.76. The van der Waals surface area contributed by atoms with Gasteiger partial charge in [-0.2, -0.15) is 0 Å². The fourth-order valence-corrected chi connectivity index (χ4v) is 0.939. The van der Waals surface area contributed by atoms with Gasteiger partial charge in [0.05, 0.1) is 0 Å². The fourth-order valence-electron chi connectivity index (χ4n) is 0.939. The number of carbonyl (C=O) groups excluding carboxylic acids is 1. The second-order valence-corrected chi connectivity index (χ2v) is 4.57. The lowest BCUT2D eigenvalue weighted by molar-refractivity contribution is -0.132. The van der Waals surface area contributed by atoms with Crippen molar-refractivity contribution in [3.05, 3.63) is 0 Å². The molecule has 0 radical (unpaired) electrons. The van der Waals surface area contributed by atoms with E-state index in [4.69, 9.17) is 10.5 Å². The van der Waals surface area contributed by atoms with Gasteiger partial charge in [-0.1, -0.05) is 13.3 Å². The van der Waals surface area contributed by atoms with Crippen molar-refractivity contribution < 1.29 is 9.53 Å². The Bertz CT molecular complexity index is 193. The molecule has 0 fully saturated rings. The molecule has 98 valence electrons. The molecule has 0 spiro atoms. The Balaban J connectivity index is 0. The van der Waals surface area contributed by atoms with Crippen LogP contribution in [0.4, 0.5) is 0 Å². The molecule has 16 heavy (non-hydrogen) atoms. The van der Waals surface area contributed by atoms with Crippen LogP contribution in [-0.2, 0) is 9.53 Å². The maximum Gasteiger partial charge on any atom is 0.248 e. The molecule has 0 heterocycles. The molecule has 1 amide bonds. The van der Waals surface area contributed by atoms with Crippen LogP contribution in [0, 0.1) is 0 Å². The summed E-state index contributed by atoms with van der Waals surface area (Å²) in [6.45, 7) is 8.69. The zero-order chi connectivity index (χ0) is 11.9. The molecule has 0 saturated carbocycles. The number of amides is 1. The topological polar surface area (TPSA) is 64.3 Å². The molecule has 0 bridgehead atoms. The SMILES string of the molecule is CCCCOC(C)C(=O)NCC(C)(C)N.Cl. The van der Waals surface area contributed by atoms with Gasteiger partial charge in [0.1, 0.15) is 6.10 Å². The lowest BCUT2D eigenvalue weighted by Crippen LogP contribution is -2.47. The second kappa shape index (κ2) is 8.79. The van der Waals surface area contributed by atoms with Crippen LogP contribution in [-0.4, -0.2) is 30.7 Å². The smallest absolute Gasteiger partial charge is 0.248 e. The van der Waals surface area contributed by atoms with E-state index in [9.17, 15) is 4.79 Å². The summed E-state index contributed by atoms with van der Waals surface area (Å²) in [6.07, 6.45) is 1.67. The number of halogens is 1. The molecule has 0 rings (SSSR count). The van der Waals surface area contributed by atoms with Gasteiger partial charge in [-0.05, 0) is 27.2 Å². The third-order valence-corrected chi connectivity index (χ3v) is 1.95. The first-order valence-corrected chi connectivity index (χ1v) is 5.55. The number of ether oxygens (including phenoxy) is 1. The second-order valence-electron chi connectivity index (χ2n) is 4.57. The first kappa shape index (κ1) is 18.1. The van der Waals surface area contributed by atoms with Crippen molar-refractivity contribution in [2.45, 2.75) is 52.2 Å². The molecule has 0 aliphatic heterocycles. The Morgan fingerprint density at radius 2 is 2.06 bits per heavy atom. The average Bonchev–Trinajstić information content (AvgIpc) is 2.13. The van der Waals surface area contributed by atoms with Gasteiger partial charge in [0.25, 0.3) is 0 Å². The molecule has 0 aliphatic carbocycles. The van der Waals surface area contributed by atoms with Gasteiger partial charge in [0.15, 0.2) is 0 Å². The monoisotopic (exact) mass is 252 g/mol. The van der Waals surface area contributed by atoms with Crippen molar-refractivity contribution >= 4 is 18.3 Å². The Morgan fingerprint density at radius 1 is 1.50 bits per heavy atom. The number of carbonyl (C=O) groups is 1. The minimum atomic E-state index is -0.390. The standard InChI is InChI=1S/C11H24N2O2.ClH/c1-5-6-7-15-9(2)10(14)13-8-11(3,4)12;/h9H,5-8,12H2,1-4H3,(H,13,14);1H. The third-order valence-electron chi connectivity index (χ3n) is 1.95. The molecule has 1 unspecified atom stereocenters. The molecule has 0 aromatic rings. The summed E-state index contributed by atoms with van der Waals surface area (Å²) < 4.78 is 5.36. The van der Waals surface area contributed by atoms with Gasteiger partial charge in [0, 0.05) is 18.7 Å². The van der Waals surface area contributed by atoms with Crippen molar-refractivity contribution in [2.24, 2.45) is 5.73 Å². The zero-order valence-corrected chi connectivity index (χ0v) is 11.5. The molecular formula is C11H25ClN2O2. The quantitative estimate of drug-likeness (QED) is 0.675. The molecule has 0 aromatic heterocycles. The lowest BCUT2D eigenvalue weighted by Gasteiger charge is -2.20. The van der Waals surface area contributed by atoms with E-state index >= 15 is 0 Å². The van der Waals surface area contributed by atoms with Crippen LogP contribution < -0.4 is 11.1 Å². The molecular weight excluding hydrogens is 228 g/mol. The normalized spacial score (nSPS) is 12.8. The van der Waals surface area contributed by atoms with Gasteiger partial charge in [0.2, 0.25) is 5.91 Å². The predicted octanol–water partition coefficient (Wildman–Crippen LogP) is 1.47. The Hall–Kier alpha value is -0.320. The van der Waals surface area contributed by atoms with Crippen molar-refractivity contribution in [1.29, 1.82) is 0 Å². The molecule has 0 saturated heterocycles. The molecule has 0 aliphatic rings. The summed E-state index contributed by atoms with van der Waals surface area (Å²) in [5.74, 6) is -0.0929. The summed E-state index contributed by atoms with van der Waals surface area (Å²) in [5.41, 5.74) is 5.37. The van der Waals surface area contributed by atoms with Crippen molar-refractivity contribution in [1.82, 2.24) is 5.32 Å². The maximum atomic E-state index is 11.5. The Labute approximate surface area is 105 Å². The molecule has 3 N–H and O–H groups in total. The first-order chi connectivity index (χ1) is 6.87. The third kappa shape index (κ3) is 10.2. The van der Waals surface area contributed by atoms with Crippen LogP contribution in [0.2, 0.25) is 0 Å². The minimum Gasteiger partial charge on any atom is -0.369 e. The number of hydrogen-bond donors (Lipinski definition) is 2. The van der Waals surface area contributed by atoms with Gasteiger partial charge >= 0.3 is 0 Å². The van der Waals surface area contributed by atoms with Gasteiger partial charge < -0.3 is 15.8 Å². The lowest BCUT2D eigenvalue weighted by atomic mass is 10.1. The van der Waals surface area contributed by atoms with E-state index in [0.717, 1.165) is 12.8 Å². The van der Waals surface area contributed by atoms with Crippen molar-refractivity contribution in [2.75, 3.05) is 13.2 Å². The summed E-state index contributed by atoms with van der Waals surface area (Å²) >= 11 is 0. The van der Waals surface area contributed by atoms with Gasteiger partial charge in [-0.15, -0.1) is 12.4 Å². The number of hydrogen-bond acceptors (Lipinski definition) is 3. The average molecular weight is 253 g/mol. The molecule has 1 atom stereocenters. The summed E-state index contributed by atoms with van der Waals surface area (Å²) in [4.78, 5) is 11.5. The largest absolute Gasteiger partial charge is 0.369 e. The Kier molecular flexibility index (Phi) is 9.92. The highest BCUT2D eigenvalue weighted by Gasteiger charge is 2.16. The highest BCUT2D eigenvalue weighted by atomic mass is 35.5. The molecule has 4 nitrogen and oxygen atoms in total. The Morgan fingerprint density at radius 3 is 2.50 bits per heavy atom. The number of nitrogens with one attached hydrogen (secondary N) is 1. The molecule has 5 heteroatoms. The van der Waals surface area contributed by atoms with Crippen LogP contribution in [0.15, 0.2) is 0 Å². The zero-order valence-electron chi connectivity index (χ0n) is 10.7. The number of rotatable bonds is 7. The summed E-state index contributed by atoms with van der Waals surface area (Å²) in [7, 11) is 0. The van der Waals surface area contributed by atoms with Crippen molar-refractivity contribution in [3.63, 3.8) is 0 Å². The highest BCUT2D eigenvalue weighted by molar-refractivity contribution is 5.85. The van der Waals surface area contributed by atoms with Crippen LogP contribution >= 0.6 is 12.4 Å². The highest BCUT2D eigenvalue weighted by Crippen LogP contribution is 1.97. The van der Waals surface area contributed by atoms with E-state index in [1.807, 2.05) is 13.8 Å². The number of unbranched alkanes of at least 4 members (excludes halogenated alkanes) is 1. The predicted molar refractivity (Wildman–Crippen MR) is 68.8 cm³/mol. The van der Waals surface area contributed by atoms with Crippen molar-refractivity contribution in [3.8, 4) is 0 Å². The number of nitrogens with two attached hydrogens (primary N) is 1. The van der Waals surface area contributed by atoms with E-state index in [1.54, 1.807) is 6.92 Å². The fraction of sp³-hybridized carbons (Fsp3) is 0.909. The van der Waals surface area contributed by atoms with E-state index in [0.29, 0.717) is 13.2 Å². The van der Waals surface area contributed by atoms with Crippen LogP contribution in [0.1, 0.15) is 40.5 Å². The first-order valence-electron chi connectivity index (χ1n) is 5.55. The van der Waals surface area contributed by atoms with E-state index in [1.165, 1.54) is 0 Å². The van der Waals surface area contributed by atoms with Crippen LogP contribution in [0.25, 0.3) is 0 Å². The van der Waals surface area contributed by atoms with Gasteiger partial charge in [-0.25, -0.2) is 0 Å². The van der Waals surface area contributed by atoms with E-state index in [-0.39, 0.29) is 30.0 Å². The summed E-state index contributed by atoms with van der Waals surface area (Å²) in [6, 6.07) is 0. The van der Waals surface area contributed by atoms with Crippen LogP contribution in [0.3, 0.4) is 0 Å². The van der Waals surface area contributed by atoms with E-state index in [2.05, 4.69) is 12.2 Å². The molecule has 0 aromatic carbocycles. The van der Waals surface area contributed by atoms with E-state index < -0.39 is 0 Å². The maximum absolute atomic E-state index is 11.5. The van der Waals surface area contributed by atoms with Crippen LogP contribution in [0.5, 0.6) is 0 Å².